The Morgan fingerprint density at radius 1 is 1.55 bits per heavy atom. The Hall–Kier alpha value is -1.56. The highest BCUT2D eigenvalue weighted by Crippen LogP contribution is 2.20. The van der Waals surface area contributed by atoms with E-state index in [0.717, 1.165) is 44.5 Å². The van der Waals surface area contributed by atoms with Gasteiger partial charge in [-0.15, -0.1) is 0 Å². The first-order valence-corrected chi connectivity index (χ1v) is 7.33. The smallest absolute Gasteiger partial charge is 0.276 e. The van der Waals surface area contributed by atoms with Crippen LogP contribution in [0.4, 0.5) is 5.69 Å². The van der Waals surface area contributed by atoms with E-state index in [1.165, 1.54) is 0 Å². The highest BCUT2D eigenvalue weighted by atomic mass is 16.2. The van der Waals surface area contributed by atoms with Crippen molar-refractivity contribution in [2.24, 2.45) is 0 Å². The van der Waals surface area contributed by atoms with Gasteiger partial charge in [0.25, 0.3) is 5.91 Å². The van der Waals surface area contributed by atoms with Gasteiger partial charge in [-0.05, 0) is 33.4 Å². The van der Waals surface area contributed by atoms with Crippen LogP contribution >= 0.6 is 0 Å². The van der Waals surface area contributed by atoms with E-state index >= 15 is 0 Å². The number of aromatic amines is 1. The molecule has 1 fully saturated rings. The van der Waals surface area contributed by atoms with Crippen molar-refractivity contribution in [2.45, 2.75) is 38.6 Å². The van der Waals surface area contributed by atoms with Crippen molar-refractivity contribution < 1.29 is 4.79 Å². The number of nitrogens with two attached hydrogens (primary N) is 1. The molecule has 1 amide bonds. The van der Waals surface area contributed by atoms with Gasteiger partial charge in [-0.25, -0.2) is 0 Å². The zero-order chi connectivity index (χ0) is 14.7. The van der Waals surface area contributed by atoms with Crippen molar-refractivity contribution in [1.29, 1.82) is 0 Å². The zero-order valence-corrected chi connectivity index (χ0v) is 12.6. The van der Waals surface area contributed by atoms with Crippen molar-refractivity contribution in [3.05, 3.63) is 11.4 Å². The van der Waals surface area contributed by atoms with E-state index in [4.69, 9.17) is 5.73 Å². The number of anilines is 1. The second-order valence-corrected chi connectivity index (χ2v) is 5.73. The summed E-state index contributed by atoms with van der Waals surface area (Å²) in [4.78, 5) is 16.6. The molecule has 112 valence electrons. The minimum absolute atomic E-state index is 0.0485. The Kier molecular flexibility index (Phi) is 4.65. The van der Waals surface area contributed by atoms with Crippen molar-refractivity contribution in [3.63, 3.8) is 0 Å². The third-order valence-electron chi connectivity index (χ3n) is 4.00. The normalized spacial score (nSPS) is 19.6. The van der Waals surface area contributed by atoms with Gasteiger partial charge < -0.3 is 15.5 Å². The summed E-state index contributed by atoms with van der Waals surface area (Å²) < 4.78 is 0. The predicted octanol–water partition coefficient (Wildman–Crippen LogP) is 1.11. The molecule has 1 saturated heterocycles. The highest BCUT2D eigenvalue weighted by molar-refractivity contribution is 5.97. The van der Waals surface area contributed by atoms with Crippen LogP contribution in [0.2, 0.25) is 0 Å². The second-order valence-electron chi connectivity index (χ2n) is 5.73. The van der Waals surface area contributed by atoms with Crippen LogP contribution < -0.4 is 5.73 Å². The Morgan fingerprint density at radius 2 is 2.30 bits per heavy atom. The number of nitrogens with one attached hydrogen (secondary N) is 1. The first kappa shape index (κ1) is 14.8. The standard InChI is InChI=1S/C14H25N5O/c1-4-6-11-12(15)13(17-16-11)14(20)19-8-5-7-10(9-19)18(2)3/h10H,4-9,15H2,1-3H3,(H,16,17). The quantitative estimate of drug-likeness (QED) is 0.865. The molecule has 6 heteroatoms. The number of hydrogen-bond donors (Lipinski definition) is 2. The number of hydrogen-bond acceptors (Lipinski definition) is 4. The summed E-state index contributed by atoms with van der Waals surface area (Å²) in [6, 6.07) is 0.419. The van der Waals surface area contributed by atoms with E-state index in [-0.39, 0.29) is 5.91 Å². The maximum absolute atomic E-state index is 12.6. The first-order valence-electron chi connectivity index (χ1n) is 7.33. The van der Waals surface area contributed by atoms with Crippen molar-refractivity contribution in [2.75, 3.05) is 32.9 Å². The molecular formula is C14H25N5O. The lowest BCUT2D eigenvalue weighted by atomic mass is 10.0. The molecule has 6 nitrogen and oxygen atoms in total. The lowest BCUT2D eigenvalue weighted by molar-refractivity contribution is 0.0630. The number of carbonyl (C=O) groups is 1. The predicted molar refractivity (Wildman–Crippen MR) is 79.6 cm³/mol. The number of likely N-dealkylation sites (N-methyl/N-ethyl adjacent to an activating group) is 1. The van der Waals surface area contributed by atoms with Crippen LogP contribution in [0, 0.1) is 0 Å². The molecule has 3 N–H and O–H groups in total. The molecule has 0 radical (unpaired) electrons. The summed E-state index contributed by atoms with van der Waals surface area (Å²) in [5, 5.41) is 7.02. The van der Waals surface area contributed by atoms with Crippen LogP contribution in [0.1, 0.15) is 42.4 Å². The Labute approximate surface area is 120 Å². The molecule has 1 aromatic rings. The number of amides is 1. The SMILES string of the molecule is CCCc1[nH]nc(C(=O)N2CCCC(N(C)C)C2)c1N. The van der Waals surface area contributed by atoms with E-state index in [1.54, 1.807) is 0 Å². The summed E-state index contributed by atoms with van der Waals surface area (Å²) in [6.07, 6.45) is 3.97. The van der Waals surface area contributed by atoms with Gasteiger partial charge in [0.15, 0.2) is 5.69 Å². The molecule has 2 rings (SSSR count). The molecule has 1 atom stereocenters. The lowest BCUT2D eigenvalue weighted by Gasteiger charge is -2.35. The molecule has 1 aliphatic rings. The Balaban J connectivity index is 2.11. The molecular weight excluding hydrogens is 254 g/mol. The number of piperidine rings is 1. The summed E-state index contributed by atoms with van der Waals surface area (Å²) in [7, 11) is 4.11. The van der Waals surface area contributed by atoms with Crippen LogP contribution in [0.5, 0.6) is 0 Å². The summed E-state index contributed by atoms with van der Waals surface area (Å²) in [5.74, 6) is -0.0485. The molecule has 0 aromatic carbocycles. The van der Waals surface area contributed by atoms with Crippen molar-refractivity contribution >= 4 is 11.6 Å². The minimum atomic E-state index is -0.0485. The molecule has 0 aliphatic carbocycles. The number of aromatic nitrogens is 2. The van der Waals surface area contributed by atoms with Crippen LogP contribution in [-0.4, -0.2) is 59.1 Å². The molecule has 1 unspecified atom stereocenters. The fourth-order valence-corrected chi connectivity index (χ4v) is 2.70. The fraction of sp³-hybridized carbons (Fsp3) is 0.714. The number of carbonyl (C=O) groups excluding carboxylic acids is 1. The highest BCUT2D eigenvalue weighted by Gasteiger charge is 2.28. The topological polar surface area (TPSA) is 78.2 Å². The van der Waals surface area contributed by atoms with E-state index < -0.39 is 0 Å². The van der Waals surface area contributed by atoms with Crippen LogP contribution in [-0.2, 0) is 6.42 Å². The summed E-state index contributed by atoms with van der Waals surface area (Å²) in [5.41, 5.74) is 7.81. The van der Waals surface area contributed by atoms with Gasteiger partial charge >= 0.3 is 0 Å². The number of rotatable bonds is 4. The number of H-pyrrole nitrogens is 1. The Morgan fingerprint density at radius 3 is 2.95 bits per heavy atom. The maximum Gasteiger partial charge on any atom is 0.276 e. The van der Waals surface area contributed by atoms with E-state index in [0.29, 0.717) is 17.4 Å². The zero-order valence-electron chi connectivity index (χ0n) is 12.6. The number of likely N-dealkylation sites (tertiary alicyclic amines) is 1. The molecule has 2 heterocycles. The van der Waals surface area contributed by atoms with Crippen LogP contribution in [0.3, 0.4) is 0 Å². The van der Waals surface area contributed by atoms with E-state index in [9.17, 15) is 4.79 Å². The third kappa shape index (κ3) is 2.95. The van der Waals surface area contributed by atoms with Gasteiger partial charge in [-0.1, -0.05) is 13.3 Å². The largest absolute Gasteiger partial charge is 0.395 e. The van der Waals surface area contributed by atoms with Crippen LogP contribution in [0.25, 0.3) is 0 Å². The van der Waals surface area contributed by atoms with Gasteiger partial charge in [0, 0.05) is 19.1 Å². The van der Waals surface area contributed by atoms with E-state index in [2.05, 4.69) is 36.1 Å². The van der Waals surface area contributed by atoms with Gasteiger partial charge in [0.05, 0.1) is 11.4 Å². The fourth-order valence-electron chi connectivity index (χ4n) is 2.70. The molecule has 0 spiro atoms. The Bertz CT molecular complexity index is 468. The lowest BCUT2D eigenvalue weighted by Crippen LogP contribution is -2.47. The monoisotopic (exact) mass is 279 g/mol. The molecule has 1 aliphatic heterocycles. The maximum atomic E-state index is 12.6. The summed E-state index contributed by atoms with van der Waals surface area (Å²) >= 11 is 0. The number of nitrogen functional groups attached to an aromatic ring is 1. The molecule has 1 aromatic heterocycles. The van der Waals surface area contributed by atoms with Gasteiger partial charge in [-0.2, -0.15) is 5.10 Å². The third-order valence-corrected chi connectivity index (χ3v) is 4.00. The second kappa shape index (κ2) is 6.26. The van der Waals surface area contributed by atoms with Crippen LogP contribution in [0.15, 0.2) is 0 Å². The van der Waals surface area contributed by atoms with Gasteiger partial charge in [0.1, 0.15) is 0 Å². The first-order chi connectivity index (χ1) is 9.54. The van der Waals surface area contributed by atoms with Crippen molar-refractivity contribution in [3.8, 4) is 0 Å². The van der Waals surface area contributed by atoms with E-state index in [1.807, 2.05) is 4.90 Å². The number of nitrogens with zero attached hydrogens (tertiary/aromatic N) is 3. The van der Waals surface area contributed by atoms with Gasteiger partial charge in [-0.3, -0.25) is 9.89 Å². The molecule has 0 bridgehead atoms. The average molecular weight is 279 g/mol. The van der Waals surface area contributed by atoms with Crippen molar-refractivity contribution in [1.82, 2.24) is 20.0 Å². The molecule has 0 saturated carbocycles. The minimum Gasteiger partial charge on any atom is -0.395 e. The van der Waals surface area contributed by atoms with Gasteiger partial charge in [0.2, 0.25) is 0 Å². The molecule has 20 heavy (non-hydrogen) atoms. The summed E-state index contributed by atoms with van der Waals surface area (Å²) in [6.45, 7) is 3.62. The average Bonchev–Trinajstić information content (AvgIpc) is 2.80. The number of aryl methyl sites for hydroxylation is 1.